The molecule has 0 saturated carbocycles. The molecule has 2 aromatic heterocycles. The van der Waals surface area contributed by atoms with Crippen molar-refractivity contribution < 1.29 is 9.47 Å². The van der Waals surface area contributed by atoms with Crippen LogP contribution in [0.1, 0.15) is 17.0 Å². The summed E-state index contributed by atoms with van der Waals surface area (Å²) in [5.74, 6) is 0.993. The smallest absolute Gasteiger partial charge is 0.122 e. The lowest BCUT2D eigenvalue weighted by molar-refractivity contribution is 0.102. The van der Waals surface area contributed by atoms with E-state index in [-0.39, 0.29) is 0 Å². The Morgan fingerprint density at radius 3 is 2.96 bits per heavy atom. The molecular formula is C18H17N3O2. The Morgan fingerprint density at radius 2 is 2.04 bits per heavy atom. The molecule has 1 aliphatic rings. The third-order valence-corrected chi connectivity index (χ3v) is 3.83. The largest absolute Gasteiger partial charge is 0.493 e. The Labute approximate surface area is 134 Å². The van der Waals surface area contributed by atoms with Gasteiger partial charge in [0.15, 0.2) is 0 Å². The summed E-state index contributed by atoms with van der Waals surface area (Å²) in [6, 6.07) is 12.0. The van der Waals surface area contributed by atoms with Gasteiger partial charge in [-0.25, -0.2) is 4.98 Å². The molecule has 116 valence electrons. The van der Waals surface area contributed by atoms with Gasteiger partial charge < -0.3 is 14.0 Å². The first-order valence-corrected chi connectivity index (χ1v) is 7.65. The van der Waals surface area contributed by atoms with Crippen LogP contribution in [0.25, 0.3) is 5.69 Å². The number of aromatic nitrogens is 3. The summed E-state index contributed by atoms with van der Waals surface area (Å²) in [5.41, 5.74) is 4.17. The molecule has 0 bridgehead atoms. The quantitative estimate of drug-likeness (QED) is 0.727. The van der Waals surface area contributed by atoms with E-state index in [4.69, 9.17) is 9.47 Å². The summed E-state index contributed by atoms with van der Waals surface area (Å²) in [6.07, 6.45) is 6.55. The monoisotopic (exact) mass is 307 g/mol. The number of benzene rings is 1. The van der Waals surface area contributed by atoms with E-state index >= 15 is 0 Å². The summed E-state index contributed by atoms with van der Waals surface area (Å²) >= 11 is 0. The van der Waals surface area contributed by atoms with Crippen molar-refractivity contribution in [1.82, 2.24) is 14.5 Å². The zero-order valence-electron chi connectivity index (χ0n) is 12.7. The van der Waals surface area contributed by atoms with E-state index in [0.717, 1.165) is 35.9 Å². The molecule has 4 rings (SSSR count). The molecule has 5 heteroatoms. The minimum atomic E-state index is 0.470. The highest BCUT2D eigenvalue weighted by Gasteiger charge is 2.12. The van der Waals surface area contributed by atoms with Crippen LogP contribution < -0.4 is 4.74 Å². The molecule has 0 fully saturated rings. The highest BCUT2D eigenvalue weighted by molar-refractivity contribution is 5.46. The Morgan fingerprint density at radius 1 is 1.09 bits per heavy atom. The lowest BCUT2D eigenvalue weighted by atomic mass is 10.1. The third-order valence-electron chi connectivity index (χ3n) is 3.83. The summed E-state index contributed by atoms with van der Waals surface area (Å²) in [7, 11) is 0. The van der Waals surface area contributed by atoms with Gasteiger partial charge in [0.25, 0.3) is 0 Å². The molecule has 0 spiro atoms. The number of fused-ring (bicyclic) bond motifs is 1. The first-order chi connectivity index (χ1) is 11.4. The van der Waals surface area contributed by atoms with Crippen LogP contribution in [0.4, 0.5) is 0 Å². The number of rotatable bonds is 5. The zero-order valence-corrected chi connectivity index (χ0v) is 12.7. The van der Waals surface area contributed by atoms with Crippen molar-refractivity contribution in [3.05, 3.63) is 72.1 Å². The highest BCUT2D eigenvalue weighted by atomic mass is 16.5. The molecule has 0 radical (unpaired) electrons. The van der Waals surface area contributed by atoms with Crippen LogP contribution in [0, 0.1) is 0 Å². The SMILES string of the molecule is c1ccc(COCc2cn(-c3ccc4c(c3)CCO4)cn2)nc1. The van der Waals surface area contributed by atoms with E-state index in [2.05, 4.69) is 16.0 Å². The van der Waals surface area contributed by atoms with E-state index in [1.54, 1.807) is 6.20 Å². The molecule has 23 heavy (non-hydrogen) atoms. The summed E-state index contributed by atoms with van der Waals surface area (Å²) in [5, 5.41) is 0. The Balaban J connectivity index is 1.41. The van der Waals surface area contributed by atoms with E-state index in [9.17, 15) is 0 Å². The third kappa shape index (κ3) is 3.10. The summed E-state index contributed by atoms with van der Waals surface area (Å²) in [4.78, 5) is 8.64. The fraction of sp³-hybridized carbons (Fsp3) is 0.222. The van der Waals surface area contributed by atoms with Crippen LogP contribution in [-0.2, 0) is 24.4 Å². The number of nitrogens with zero attached hydrogens (tertiary/aromatic N) is 3. The Hall–Kier alpha value is -2.66. The van der Waals surface area contributed by atoms with Crippen molar-refractivity contribution in [3.63, 3.8) is 0 Å². The van der Waals surface area contributed by atoms with Crippen molar-refractivity contribution in [1.29, 1.82) is 0 Å². The second-order valence-electron chi connectivity index (χ2n) is 5.48. The zero-order chi connectivity index (χ0) is 15.5. The maximum absolute atomic E-state index is 5.67. The Bertz CT molecular complexity index is 799. The van der Waals surface area contributed by atoms with E-state index < -0.39 is 0 Å². The van der Waals surface area contributed by atoms with Crippen molar-refractivity contribution in [2.75, 3.05) is 6.61 Å². The fourth-order valence-electron chi connectivity index (χ4n) is 2.66. The van der Waals surface area contributed by atoms with E-state index in [0.29, 0.717) is 13.2 Å². The Kier molecular flexibility index (Phi) is 3.78. The van der Waals surface area contributed by atoms with Gasteiger partial charge in [0.1, 0.15) is 5.75 Å². The molecular weight excluding hydrogens is 290 g/mol. The molecule has 1 aromatic carbocycles. The molecule has 1 aliphatic heterocycles. The van der Waals surface area contributed by atoms with E-state index in [1.165, 1.54) is 5.56 Å². The molecule has 0 unspecified atom stereocenters. The number of pyridine rings is 1. The van der Waals surface area contributed by atoms with Gasteiger partial charge >= 0.3 is 0 Å². The predicted molar refractivity (Wildman–Crippen MR) is 85.5 cm³/mol. The van der Waals surface area contributed by atoms with Gasteiger partial charge in [-0.3, -0.25) is 4.98 Å². The predicted octanol–water partition coefficient (Wildman–Crippen LogP) is 2.92. The van der Waals surface area contributed by atoms with Gasteiger partial charge in [0.2, 0.25) is 0 Å². The lowest BCUT2D eigenvalue weighted by Gasteiger charge is -2.04. The van der Waals surface area contributed by atoms with Gasteiger partial charge in [-0.1, -0.05) is 6.07 Å². The topological polar surface area (TPSA) is 49.2 Å². The second kappa shape index (κ2) is 6.22. The van der Waals surface area contributed by atoms with Gasteiger partial charge in [0, 0.05) is 24.5 Å². The minimum Gasteiger partial charge on any atom is -0.493 e. The van der Waals surface area contributed by atoms with Crippen LogP contribution in [0.5, 0.6) is 5.75 Å². The lowest BCUT2D eigenvalue weighted by Crippen LogP contribution is -1.96. The average molecular weight is 307 g/mol. The fourth-order valence-corrected chi connectivity index (χ4v) is 2.66. The van der Waals surface area contributed by atoms with Crippen molar-refractivity contribution >= 4 is 0 Å². The van der Waals surface area contributed by atoms with E-state index in [1.807, 2.05) is 47.4 Å². The van der Waals surface area contributed by atoms with Gasteiger partial charge in [-0.05, 0) is 35.9 Å². The van der Waals surface area contributed by atoms with Crippen molar-refractivity contribution in [2.24, 2.45) is 0 Å². The molecule has 0 aliphatic carbocycles. The number of imidazole rings is 1. The maximum atomic E-state index is 5.67. The number of hydrogen-bond donors (Lipinski definition) is 0. The summed E-state index contributed by atoms with van der Waals surface area (Å²) < 4.78 is 13.2. The average Bonchev–Trinajstić information content (AvgIpc) is 3.24. The molecule has 3 aromatic rings. The van der Waals surface area contributed by atoms with Gasteiger partial charge in [-0.2, -0.15) is 0 Å². The molecule has 0 amide bonds. The highest BCUT2D eigenvalue weighted by Crippen LogP contribution is 2.27. The molecule has 0 saturated heterocycles. The maximum Gasteiger partial charge on any atom is 0.122 e. The second-order valence-corrected chi connectivity index (χ2v) is 5.48. The van der Waals surface area contributed by atoms with Crippen LogP contribution in [-0.4, -0.2) is 21.1 Å². The number of ether oxygens (including phenoxy) is 2. The van der Waals surface area contributed by atoms with Gasteiger partial charge in [0.05, 0.1) is 37.5 Å². The van der Waals surface area contributed by atoms with Crippen LogP contribution >= 0.6 is 0 Å². The normalized spacial score (nSPS) is 12.9. The standard InChI is InChI=1S/C18H17N3O2/c1-2-7-19-15(3-1)11-22-12-16-10-21(13-20-16)17-4-5-18-14(9-17)6-8-23-18/h1-5,7,9-10,13H,6,8,11-12H2. The van der Waals surface area contributed by atoms with Crippen LogP contribution in [0.15, 0.2) is 55.1 Å². The molecule has 5 nitrogen and oxygen atoms in total. The van der Waals surface area contributed by atoms with Crippen molar-refractivity contribution in [3.8, 4) is 11.4 Å². The first kappa shape index (κ1) is 14.0. The molecule has 0 N–H and O–H groups in total. The summed E-state index contributed by atoms with van der Waals surface area (Å²) in [6.45, 7) is 1.73. The number of hydrogen-bond acceptors (Lipinski definition) is 4. The molecule has 3 heterocycles. The molecule has 0 atom stereocenters. The minimum absolute atomic E-state index is 0.470. The van der Waals surface area contributed by atoms with Gasteiger partial charge in [-0.15, -0.1) is 0 Å². The van der Waals surface area contributed by atoms with Crippen LogP contribution in [0.2, 0.25) is 0 Å². The van der Waals surface area contributed by atoms with Crippen LogP contribution in [0.3, 0.4) is 0 Å². The first-order valence-electron chi connectivity index (χ1n) is 7.65. The van der Waals surface area contributed by atoms with Crippen molar-refractivity contribution in [2.45, 2.75) is 19.6 Å².